The van der Waals surface area contributed by atoms with Gasteiger partial charge in [0.2, 0.25) is 15.9 Å². The summed E-state index contributed by atoms with van der Waals surface area (Å²) in [5, 5.41) is 0. The molecule has 24 heavy (non-hydrogen) atoms. The van der Waals surface area contributed by atoms with E-state index in [1.165, 1.54) is 0 Å². The van der Waals surface area contributed by atoms with Crippen molar-refractivity contribution in [2.45, 2.75) is 38.1 Å². The lowest BCUT2D eigenvalue weighted by molar-refractivity contribution is -0.138. The Balaban J connectivity index is 2.21. The van der Waals surface area contributed by atoms with E-state index in [2.05, 4.69) is 4.72 Å². The lowest BCUT2D eigenvalue weighted by atomic mass is 9.99. The highest BCUT2D eigenvalue weighted by Crippen LogP contribution is 2.17. The first-order chi connectivity index (χ1) is 11.3. The fourth-order valence-electron chi connectivity index (χ4n) is 2.58. The fraction of sp³-hybridized carbons (Fsp3) is 0.588. The highest BCUT2D eigenvalue weighted by Gasteiger charge is 2.33. The number of carbonyl (C=O) groups is 1. The van der Waals surface area contributed by atoms with E-state index in [0.717, 1.165) is 5.56 Å². The maximum absolute atomic E-state index is 12.8. The Morgan fingerprint density at radius 3 is 2.38 bits per heavy atom. The zero-order valence-electron chi connectivity index (χ0n) is 14.5. The van der Waals surface area contributed by atoms with Gasteiger partial charge in [0, 0.05) is 13.1 Å². The number of nitrogens with one attached hydrogen (secondary N) is 1. The van der Waals surface area contributed by atoms with Crippen LogP contribution in [0, 0.1) is 12.8 Å². The van der Waals surface area contributed by atoms with E-state index in [-0.39, 0.29) is 16.7 Å². The number of benzene rings is 1. The molecule has 0 aromatic heterocycles. The maximum Gasteiger partial charge on any atom is 0.241 e. The van der Waals surface area contributed by atoms with Crippen LogP contribution in [0.15, 0.2) is 29.2 Å². The molecular weight excluding hydrogens is 328 g/mol. The van der Waals surface area contributed by atoms with Gasteiger partial charge in [-0.3, -0.25) is 4.79 Å². The van der Waals surface area contributed by atoms with Crippen LogP contribution in [0.25, 0.3) is 0 Å². The predicted octanol–water partition coefficient (Wildman–Crippen LogP) is 1.55. The SMILES string of the molecule is CC[C@@H](C)[C@@H](NS(=O)(=O)c1ccc(C)cc1)C(=O)N1CCOCC1. The van der Waals surface area contributed by atoms with Crippen LogP contribution in [-0.2, 0) is 19.6 Å². The fourth-order valence-corrected chi connectivity index (χ4v) is 3.88. The lowest BCUT2D eigenvalue weighted by Crippen LogP contribution is -2.54. The molecule has 1 aromatic carbocycles. The van der Waals surface area contributed by atoms with Gasteiger partial charge >= 0.3 is 0 Å². The van der Waals surface area contributed by atoms with Crippen molar-refractivity contribution in [2.75, 3.05) is 26.3 Å². The van der Waals surface area contributed by atoms with Crippen LogP contribution in [0.2, 0.25) is 0 Å². The van der Waals surface area contributed by atoms with E-state index in [4.69, 9.17) is 4.74 Å². The van der Waals surface area contributed by atoms with Crippen molar-refractivity contribution in [3.05, 3.63) is 29.8 Å². The van der Waals surface area contributed by atoms with E-state index < -0.39 is 16.1 Å². The average Bonchev–Trinajstić information content (AvgIpc) is 2.59. The lowest BCUT2D eigenvalue weighted by Gasteiger charge is -2.32. The van der Waals surface area contributed by atoms with Crippen molar-refractivity contribution in [1.29, 1.82) is 0 Å². The summed E-state index contributed by atoms with van der Waals surface area (Å²) in [6.45, 7) is 7.71. The van der Waals surface area contributed by atoms with E-state index in [0.29, 0.717) is 32.7 Å². The van der Waals surface area contributed by atoms with Crippen LogP contribution >= 0.6 is 0 Å². The second-order valence-corrected chi connectivity index (χ2v) is 7.95. The molecular formula is C17H26N2O4S. The first-order valence-corrected chi connectivity index (χ1v) is 9.79. The summed E-state index contributed by atoms with van der Waals surface area (Å²) in [6, 6.07) is 5.85. The molecule has 0 spiro atoms. The Morgan fingerprint density at radius 2 is 1.83 bits per heavy atom. The molecule has 1 saturated heterocycles. The van der Waals surface area contributed by atoms with Gasteiger partial charge in [0.05, 0.1) is 18.1 Å². The zero-order valence-corrected chi connectivity index (χ0v) is 15.3. The standard InChI is InChI=1S/C17H26N2O4S/c1-4-14(3)16(17(20)19-9-11-23-12-10-19)18-24(21,22)15-7-5-13(2)6-8-15/h5-8,14,16,18H,4,9-12H2,1-3H3/t14-,16-/m1/s1. The van der Waals surface area contributed by atoms with Crippen molar-refractivity contribution in [1.82, 2.24) is 9.62 Å². The van der Waals surface area contributed by atoms with E-state index >= 15 is 0 Å². The molecule has 1 N–H and O–H groups in total. The number of hydrogen-bond acceptors (Lipinski definition) is 4. The number of sulfonamides is 1. The summed E-state index contributed by atoms with van der Waals surface area (Å²) in [5.74, 6) is -0.274. The van der Waals surface area contributed by atoms with E-state index in [9.17, 15) is 13.2 Å². The second-order valence-electron chi connectivity index (χ2n) is 6.24. The van der Waals surface area contributed by atoms with Crippen LogP contribution in [0.1, 0.15) is 25.8 Å². The van der Waals surface area contributed by atoms with Crippen LogP contribution in [0.5, 0.6) is 0 Å². The van der Waals surface area contributed by atoms with Crippen molar-refractivity contribution >= 4 is 15.9 Å². The van der Waals surface area contributed by atoms with Crippen LogP contribution in [0.3, 0.4) is 0 Å². The number of nitrogens with zero attached hydrogens (tertiary/aromatic N) is 1. The van der Waals surface area contributed by atoms with Crippen molar-refractivity contribution in [2.24, 2.45) is 5.92 Å². The highest BCUT2D eigenvalue weighted by molar-refractivity contribution is 7.89. The van der Waals surface area contributed by atoms with Gasteiger partial charge in [-0.2, -0.15) is 4.72 Å². The number of hydrogen-bond donors (Lipinski definition) is 1. The summed E-state index contributed by atoms with van der Waals surface area (Å²) >= 11 is 0. The first kappa shape index (κ1) is 18.9. The molecule has 1 aliphatic rings. The van der Waals surface area contributed by atoms with Gasteiger partial charge in [-0.25, -0.2) is 8.42 Å². The third-order valence-corrected chi connectivity index (χ3v) is 5.87. The number of amides is 1. The molecule has 2 rings (SSSR count). The topological polar surface area (TPSA) is 75.7 Å². The summed E-state index contributed by atoms with van der Waals surface area (Å²) in [5.41, 5.74) is 0.983. The summed E-state index contributed by atoms with van der Waals surface area (Å²) < 4.78 is 33.2. The smallest absolute Gasteiger partial charge is 0.241 e. The maximum atomic E-state index is 12.8. The number of morpholine rings is 1. The number of aryl methyl sites for hydroxylation is 1. The Kier molecular flexibility index (Phi) is 6.37. The van der Waals surface area contributed by atoms with Crippen LogP contribution < -0.4 is 4.72 Å². The average molecular weight is 354 g/mol. The number of rotatable bonds is 6. The largest absolute Gasteiger partial charge is 0.378 e. The molecule has 0 radical (unpaired) electrons. The van der Waals surface area contributed by atoms with Gasteiger partial charge in [0.1, 0.15) is 6.04 Å². The Hall–Kier alpha value is -1.44. The number of ether oxygens (including phenoxy) is 1. The van der Waals surface area contributed by atoms with Gasteiger partial charge in [-0.15, -0.1) is 0 Å². The second kappa shape index (κ2) is 8.09. The van der Waals surface area contributed by atoms with Gasteiger partial charge < -0.3 is 9.64 Å². The van der Waals surface area contributed by atoms with Crippen LogP contribution in [0.4, 0.5) is 0 Å². The van der Waals surface area contributed by atoms with Gasteiger partial charge in [0.25, 0.3) is 0 Å². The third kappa shape index (κ3) is 4.55. The number of carbonyl (C=O) groups excluding carboxylic acids is 1. The zero-order chi connectivity index (χ0) is 17.7. The summed E-state index contributed by atoms with van der Waals surface area (Å²) in [4.78, 5) is 14.7. The first-order valence-electron chi connectivity index (χ1n) is 8.30. The van der Waals surface area contributed by atoms with Crippen molar-refractivity contribution < 1.29 is 17.9 Å². The Labute approximate surface area is 144 Å². The Bertz CT molecular complexity index is 652. The minimum Gasteiger partial charge on any atom is -0.378 e. The minimum absolute atomic E-state index is 0.0967. The molecule has 0 saturated carbocycles. The van der Waals surface area contributed by atoms with Crippen molar-refractivity contribution in [3.8, 4) is 0 Å². The molecule has 6 nitrogen and oxygen atoms in total. The van der Waals surface area contributed by atoms with E-state index in [1.807, 2.05) is 20.8 Å². The monoisotopic (exact) mass is 354 g/mol. The predicted molar refractivity (Wildman–Crippen MR) is 92.1 cm³/mol. The summed E-state index contributed by atoms with van der Waals surface area (Å²) in [7, 11) is -3.74. The van der Waals surface area contributed by atoms with E-state index in [1.54, 1.807) is 29.2 Å². The normalized spacial score (nSPS) is 18.2. The molecule has 2 atom stereocenters. The molecule has 0 aliphatic carbocycles. The molecule has 1 aliphatic heterocycles. The minimum atomic E-state index is -3.74. The molecule has 0 bridgehead atoms. The Morgan fingerprint density at radius 1 is 1.25 bits per heavy atom. The molecule has 1 aromatic rings. The molecule has 0 unspecified atom stereocenters. The quantitative estimate of drug-likeness (QED) is 0.841. The molecule has 1 fully saturated rings. The highest BCUT2D eigenvalue weighted by atomic mass is 32.2. The van der Waals surface area contributed by atoms with Gasteiger partial charge in [-0.05, 0) is 25.0 Å². The molecule has 1 heterocycles. The van der Waals surface area contributed by atoms with Crippen molar-refractivity contribution in [3.63, 3.8) is 0 Å². The molecule has 1 amide bonds. The molecule has 134 valence electrons. The van der Waals surface area contributed by atoms with Gasteiger partial charge in [-0.1, -0.05) is 38.0 Å². The summed E-state index contributed by atoms with van der Waals surface area (Å²) in [6.07, 6.45) is 0.706. The third-order valence-electron chi connectivity index (χ3n) is 4.42. The molecule has 7 heteroatoms. The van der Waals surface area contributed by atoms with Crippen LogP contribution in [-0.4, -0.2) is 51.6 Å². The van der Waals surface area contributed by atoms with Gasteiger partial charge in [0.15, 0.2) is 0 Å².